The van der Waals surface area contributed by atoms with Crippen molar-refractivity contribution in [3.63, 3.8) is 0 Å². The molecule has 1 aromatic heterocycles. The Hall–Kier alpha value is -2.35. The summed E-state index contributed by atoms with van der Waals surface area (Å²) in [5.41, 5.74) is -1.11. The zero-order chi connectivity index (χ0) is 18.1. The van der Waals surface area contributed by atoms with Crippen molar-refractivity contribution < 1.29 is 18.0 Å². The third-order valence-electron chi connectivity index (χ3n) is 3.24. The summed E-state index contributed by atoms with van der Waals surface area (Å²) in [6.07, 6.45) is -4.55. The topological polar surface area (TPSA) is 74.8 Å². The molecule has 0 unspecified atom stereocenters. The quantitative estimate of drug-likeness (QED) is 0.883. The molecule has 0 bridgehead atoms. The largest absolute Gasteiger partial charge is 0.417 e. The fourth-order valence-corrected chi connectivity index (χ4v) is 2.38. The third kappa shape index (κ3) is 4.14. The van der Waals surface area contributed by atoms with E-state index in [1.54, 1.807) is 6.92 Å². The summed E-state index contributed by atoms with van der Waals surface area (Å²) in [5, 5.41) is 2.11. The summed E-state index contributed by atoms with van der Waals surface area (Å²) in [5.74, 6) is -0.342. The van der Waals surface area contributed by atoms with Crippen LogP contribution in [0.3, 0.4) is 0 Å². The number of benzene rings is 1. The summed E-state index contributed by atoms with van der Waals surface area (Å²) < 4.78 is 38.1. The molecule has 0 radical (unpaired) electrons. The van der Waals surface area contributed by atoms with Crippen LogP contribution in [0.5, 0.6) is 0 Å². The Morgan fingerprint density at radius 2 is 2.00 bits per heavy atom. The lowest BCUT2D eigenvalue weighted by Crippen LogP contribution is -2.29. The minimum absolute atomic E-state index is 0.0823. The predicted octanol–water partition coefficient (Wildman–Crippen LogP) is 3.24. The molecule has 2 N–H and O–H groups in total. The molecular formula is C15H13ClF3N3O2. The first kappa shape index (κ1) is 18.0. The number of carbonyl (C=O) groups excluding carboxylic acids is 1. The number of halogens is 4. The van der Waals surface area contributed by atoms with E-state index in [0.29, 0.717) is 5.56 Å². The van der Waals surface area contributed by atoms with Gasteiger partial charge in [-0.25, -0.2) is 4.98 Å². The zero-order valence-electron chi connectivity index (χ0n) is 12.7. The van der Waals surface area contributed by atoms with Crippen LogP contribution in [0.25, 0.3) is 0 Å². The number of alkyl halides is 3. The SMILES string of the molecule is Cc1nc(C(=O)N[C@H](C)c2ccc(C(F)(F)F)c(Cl)c2)cc(=O)[nH]1. The lowest BCUT2D eigenvalue weighted by molar-refractivity contribution is -0.137. The van der Waals surface area contributed by atoms with Crippen molar-refractivity contribution in [3.8, 4) is 0 Å². The van der Waals surface area contributed by atoms with Crippen molar-refractivity contribution in [2.75, 3.05) is 0 Å². The molecule has 2 aromatic rings. The normalized spacial score (nSPS) is 12.8. The highest BCUT2D eigenvalue weighted by Crippen LogP contribution is 2.35. The number of hydrogen-bond acceptors (Lipinski definition) is 3. The van der Waals surface area contributed by atoms with Crippen LogP contribution in [0, 0.1) is 6.92 Å². The number of rotatable bonds is 3. The Morgan fingerprint density at radius 1 is 1.33 bits per heavy atom. The molecule has 0 aliphatic carbocycles. The molecule has 0 saturated carbocycles. The Balaban J connectivity index is 2.20. The molecule has 1 atom stereocenters. The Bertz CT molecular complexity index is 833. The van der Waals surface area contributed by atoms with Gasteiger partial charge in [-0.2, -0.15) is 13.2 Å². The summed E-state index contributed by atoms with van der Waals surface area (Å²) >= 11 is 5.66. The Morgan fingerprint density at radius 3 is 2.54 bits per heavy atom. The number of amides is 1. The van der Waals surface area contributed by atoms with Gasteiger partial charge in [0.2, 0.25) is 0 Å². The van der Waals surface area contributed by atoms with E-state index in [-0.39, 0.29) is 11.5 Å². The molecule has 5 nitrogen and oxygen atoms in total. The van der Waals surface area contributed by atoms with Crippen molar-refractivity contribution >= 4 is 17.5 Å². The van der Waals surface area contributed by atoms with Gasteiger partial charge in [-0.1, -0.05) is 17.7 Å². The van der Waals surface area contributed by atoms with E-state index in [1.807, 2.05) is 0 Å². The number of nitrogens with one attached hydrogen (secondary N) is 2. The highest BCUT2D eigenvalue weighted by atomic mass is 35.5. The van der Waals surface area contributed by atoms with Crippen LogP contribution >= 0.6 is 11.6 Å². The molecule has 0 saturated heterocycles. The van der Waals surface area contributed by atoms with Gasteiger partial charge in [0.25, 0.3) is 11.5 Å². The lowest BCUT2D eigenvalue weighted by atomic mass is 10.1. The standard InChI is InChI=1S/C15H13ClF3N3O2/c1-7(9-3-4-10(11(16)5-9)15(17,18)19)20-14(24)12-6-13(23)22-8(2)21-12/h3-7H,1-2H3,(H,20,24)(H,21,22,23)/t7-/m1/s1. The van der Waals surface area contributed by atoms with Gasteiger partial charge < -0.3 is 10.3 Å². The molecule has 0 spiro atoms. The van der Waals surface area contributed by atoms with Crippen molar-refractivity contribution in [3.05, 3.63) is 62.3 Å². The molecular weight excluding hydrogens is 347 g/mol. The number of hydrogen-bond donors (Lipinski definition) is 2. The van der Waals surface area contributed by atoms with Gasteiger partial charge in [0, 0.05) is 6.07 Å². The fourth-order valence-electron chi connectivity index (χ4n) is 2.08. The first-order chi connectivity index (χ1) is 11.1. The van der Waals surface area contributed by atoms with E-state index in [9.17, 15) is 22.8 Å². The highest BCUT2D eigenvalue weighted by molar-refractivity contribution is 6.31. The van der Waals surface area contributed by atoms with Gasteiger partial charge in [0.1, 0.15) is 11.5 Å². The number of aryl methyl sites for hydroxylation is 1. The predicted molar refractivity (Wildman–Crippen MR) is 81.9 cm³/mol. The van der Waals surface area contributed by atoms with E-state index < -0.39 is 34.3 Å². The lowest BCUT2D eigenvalue weighted by Gasteiger charge is -2.16. The summed E-state index contributed by atoms with van der Waals surface area (Å²) in [4.78, 5) is 29.8. The molecule has 0 aliphatic heterocycles. The van der Waals surface area contributed by atoms with Gasteiger partial charge in [0.15, 0.2) is 0 Å². The van der Waals surface area contributed by atoms with Crippen LogP contribution in [0.2, 0.25) is 5.02 Å². The molecule has 0 aliphatic rings. The maximum absolute atomic E-state index is 12.7. The maximum atomic E-state index is 12.7. The average Bonchev–Trinajstić information content (AvgIpc) is 2.44. The van der Waals surface area contributed by atoms with E-state index in [0.717, 1.165) is 18.2 Å². The van der Waals surface area contributed by atoms with Gasteiger partial charge in [-0.3, -0.25) is 9.59 Å². The second kappa shape index (κ2) is 6.64. The van der Waals surface area contributed by atoms with Crippen molar-refractivity contribution in [1.29, 1.82) is 0 Å². The Labute approximate surface area is 139 Å². The number of nitrogens with zero attached hydrogens (tertiary/aromatic N) is 1. The van der Waals surface area contributed by atoms with Crippen LogP contribution in [-0.4, -0.2) is 15.9 Å². The summed E-state index contributed by atoms with van der Waals surface area (Å²) in [7, 11) is 0. The second-order valence-corrected chi connectivity index (χ2v) is 5.56. The van der Waals surface area contributed by atoms with Gasteiger partial charge >= 0.3 is 6.18 Å². The molecule has 24 heavy (non-hydrogen) atoms. The molecule has 2 rings (SSSR count). The van der Waals surface area contributed by atoms with E-state index in [1.165, 1.54) is 13.0 Å². The van der Waals surface area contributed by atoms with Crippen LogP contribution in [-0.2, 0) is 6.18 Å². The first-order valence-electron chi connectivity index (χ1n) is 6.83. The monoisotopic (exact) mass is 359 g/mol. The van der Waals surface area contributed by atoms with Crippen molar-refractivity contribution in [1.82, 2.24) is 15.3 Å². The van der Waals surface area contributed by atoms with Crippen LogP contribution in [0.1, 0.15) is 40.4 Å². The fraction of sp³-hybridized carbons (Fsp3) is 0.267. The number of carbonyl (C=O) groups is 1. The minimum Gasteiger partial charge on any atom is -0.344 e. The van der Waals surface area contributed by atoms with E-state index in [4.69, 9.17) is 11.6 Å². The van der Waals surface area contributed by atoms with Crippen molar-refractivity contribution in [2.24, 2.45) is 0 Å². The second-order valence-electron chi connectivity index (χ2n) is 5.15. The smallest absolute Gasteiger partial charge is 0.344 e. The molecule has 9 heteroatoms. The molecule has 1 aromatic carbocycles. The Kier molecular flexibility index (Phi) is 4.98. The summed E-state index contributed by atoms with van der Waals surface area (Å²) in [6.45, 7) is 3.11. The zero-order valence-corrected chi connectivity index (χ0v) is 13.4. The van der Waals surface area contributed by atoms with Gasteiger partial charge in [-0.15, -0.1) is 0 Å². The van der Waals surface area contributed by atoms with Gasteiger partial charge in [0.05, 0.1) is 16.6 Å². The highest BCUT2D eigenvalue weighted by Gasteiger charge is 2.33. The van der Waals surface area contributed by atoms with E-state index in [2.05, 4.69) is 15.3 Å². The first-order valence-corrected chi connectivity index (χ1v) is 7.21. The number of aromatic amines is 1. The maximum Gasteiger partial charge on any atom is 0.417 e. The molecule has 1 heterocycles. The number of H-pyrrole nitrogens is 1. The number of aromatic nitrogens is 2. The molecule has 128 valence electrons. The average molecular weight is 360 g/mol. The van der Waals surface area contributed by atoms with Crippen LogP contribution in [0.4, 0.5) is 13.2 Å². The molecule has 0 fully saturated rings. The van der Waals surface area contributed by atoms with Crippen molar-refractivity contribution in [2.45, 2.75) is 26.1 Å². The third-order valence-corrected chi connectivity index (χ3v) is 3.55. The van der Waals surface area contributed by atoms with Crippen LogP contribution < -0.4 is 10.9 Å². The summed E-state index contributed by atoms with van der Waals surface area (Å²) in [6, 6.07) is 3.64. The minimum atomic E-state index is -4.55. The van der Waals surface area contributed by atoms with Crippen LogP contribution in [0.15, 0.2) is 29.1 Å². The van der Waals surface area contributed by atoms with E-state index >= 15 is 0 Å². The van der Waals surface area contributed by atoms with Gasteiger partial charge in [-0.05, 0) is 31.5 Å². The molecule has 1 amide bonds.